The average Bonchev–Trinajstić information content (AvgIpc) is 2.71. The summed E-state index contributed by atoms with van der Waals surface area (Å²) in [6.45, 7) is 0.459. The first-order chi connectivity index (χ1) is 9.15. The highest BCUT2D eigenvalue weighted by Crippen LogP contribution is 2.22. The Kier molecular flexibility index (Phi) is 3.12. The lowest BCUT2D eigenvalue weighted by Gasteiger charge is -2.06. The molecule has 0 bridgehead atoms. The van der Waals surface area contributed by atoms with Crippen molar-refractivity contribution < 1.29 is 4.39 Å². The molecule has 0 N–H and O–H groups in total. The zero-order valence-electron chi connectivity index (χ0n) is 9.65. The van der Waals surface area contributed by atoms with E-state index < -0.39 is 5.82 Å². The van der Waals surface area contributed by atoms with Gasteiger partial charge in [0.1, 0.15) is 5.82 Å². The van der Waals surface area contributed by atoms with Gasteiger partial charge in [-0.25, -0.2) is 9.37 Å². The third-order valence-corrected chi connectivity index (χ3v) is 3.38. The van der Waals surface area contributed by atoms with Crippen LogP contribution in [0.25, 0.3) is 11.2 Å². The monoisotopic (exact) mass is 295 g/mol. The molecule has 0 saturated heterocycles. The number of nitrogens with zero attached hydrogens (tertiary/aromatic N) is 3. The standard InChI is InChI=1S/C13H8Cl2FN3/c14-9-6-8(3-4-10(9)16)7-19-11-2-1-5-17-12(11)18-13(19)15/h1-6H,7H2. The van der Waals surface area contributed by atoms with Crippen LogP contribution in [-0.4, -0.2) is 14.5 Å². The van der Waals surface area contributed by atoms with E-state index in [9.17, 15) is 4.39 Å². The summed E-state index contributed by atoms with van der Waals surface area (Å²) in [6.07, 6.45) is 1.66. The third kappa shape index (κ3) is 2.29. The average molecular weight is 296 g/mol. The predicted molar refractivity (Wildman–Crippen MR) is 73.1 cm³/mol. The van der Waals surface area contributed by atoms with Gasteiger partial charge in [0.2, 0.25) is 5.28 Å². The van der Waals surface area contributed by atoms with Crippen molar-refractivity contribution in [3.05, 3.63) is 58.2 Å². The van der Waals surface area contributed by atoms with Gasteiger partial charge in [0.15, 0.2) is 5.65 Å². The maximum atomic E-state index is 13.1. The maximum Gasteiger partial charge on any atom is 0.205 e. The van der Waals surface area contributed by atoms with Crippen LogP contribution < -0.4 is 0 Å². The molecule has 0 amide bonds. The van der Waals surface area contributed by atoms with Crippen LogP contribution in [0.1, 0.15) is 5.56 Å². The molecule has 0 fully saturated rings. The second kappa shape index (κ2) is 4.79. The SMILES string of the molecule is Fc1ccc(Cn2c(Cl)nc3ncccc32)cc1Cl. The zero-order chi connectivity index (χ0) is 13.4. The Morgan fingerprint density at radius 3 is 2.84 bits per heavy atom. The Hall–Kier alpha value is -1.65. The Balaban J connectivity index is 2.05. The minimum absolute atomic E-state index is 0.0937. The molecule has 3 nitrogen and oxygen atoms in total. The Morgan fingerprint density at radius 1 is 1.21 bits per heavy atom. The van der Waals surface area contributed by atoms with E-state index in [1.807, 2.05) is 12.1 Å². The molecule has 0 spiro atoms. The van der Waals surface area contributed by atoms with Crippen LogP contribution in [0.5, 0.6) is 0 Å². The van der Waals surface area contributed by atoms with Crippen molar-refractivity contribution in [3.63, 3.8) is 0 Å². The molecule has 6 heteroatoms. The van der Waals surface area contributed by atoms with Gasteiger partial charge in [-0.3, -0.25) is 0 Å². The molecule has 19 heavy (non-hydrogen) atoms. The van der Waals surface area contributed by atoms with E-state index >= 15 is 0 Å². The summed E-state index contributed by atoms with van der Waals surface area (Å²) in [6, 6.07) is 8.28. The highest BCUT2D eigenvalue weighted by Gasteiger charge is 2.10. The molecular formula is C13H8Cl2FN3. The molecule has 0 atom stereocenters. The number of pyridine rings is 1. The zero-order valence-corrected chi connectivity index (χ0v) is 11.2. The molecular weight excluding hydrogens is 288 g/mol. The third-order valence-electron chi connectivity index (χ3n) is 2.80. The van der Waals surface area contributed by atoms with Crippen molar-refractivity contribution in [3.8, 4) is 0 Å². The fourth-order valence-electron chi connectivity index (χ4n) is 1.90. The normalized spacial score (nSPS) is 11.1. The smallest absolute Gasteiger partial charge is 0.205 e. The summed E-state index contributed by atoms with van der Waals surface area (Å²) in [5.74, 6) is -0.436. The molecule has 0 aliphatic heterocycles. The first-order valence-electron chi connectivity index (χ1n) is 5.56. The van der Waals surface area contributed by atoms with E-state index in [-0.39, 0.29) is 5.02 Å². The molecule has 3 aromatic rings. The van der Waals surface area contributed by atoms with E-state index in [0.29, 0.717) is 17.5 Å². The van der Waals surface area contributed by atoms with E-state index in [1.54, 1.807) is 22.9 Å². The summed E-state index contributed by atoms with van der Waals surface area (Å²) in [4.78, 5) is 8.29. The fraction of sp³-hybridized carbons (Fsp3) is 0.0769. The van der Waals surface area contributed by atoms with Crippen LogP contribution in [-0.2, 0) is 6.54 Å². The number of halogens is 3. The number of hydrogen-bond donors (Lipinski definition) is 0. The Labute approximate surface area is 118 Å². The van der Waals surface area contributed by atoms with Crippen molar-refractivity contribution in [1.29, 1.82) is 0 Å². The van der Waals surface area contributed by atoms with Gasteiger partial charge in [0, 0.05) is 6.20 Å². The van der Waals surface area contributed by atoms with Crippen LogP contribution in [0.4, 0.5) is 4.39 Å². The van der Waals surface area contributed by atoms with Crippen LogP contribution in [0.15, 0.2) is 36.5 Å². The van der Waals surface area contributed by atoms with Crippen molar-refractivity contribution in [1.82, 2.24) is 14.5 Å². The largest absolute Gasteiger partial charge is 0.309 e. The van der Waals surface area contributed by atoms with E-state index in [1.165, 1.54) is 6.07 Å². The van der Waals surface area contributed by atoms with Crippen LogP contribution in [0.2, 0.25) is 10.3 Å². The lowest BCUT2D eigenvalue weighted by atomic mass is 10.2. The number of hydrogen-bond acceptors (Lipinski definition) is 2. The summed E-state index contributed by atoms with van der Waals surface area (Å²) < 4.78 is 14.9. The van der Waals surface area contributed by atoms with E-state index in [0.717, 1.165) is 11.1 Å². The van der Waals surface area contributed by atoms with E-state index in [4.69, 9.17) is 23.2 Å². The summed E-state index contributed by atoms with van der Waals surface area (Å²) in [5, 5.41) is 0.435. The maximum absolute atomic E-state index is 13.1. The number of aromatic nitrogens is 3. The highest BCUT2D eigenvalue weighted by atomic mass is 35.5. The highest BCUT2D eigenvalue weighted by molar-refractivity contribution is 6.30. The van der Waals surface area contributed by atoms with Gasteiger partial charge in [-0.1, -0.05) is 17.7 Å². The van der Waals surface area contributed by atoms with Crippen molar-refractivity contribution in [2.24, 2.45) is 0 Å². The molecule has 2 aromatic heterocycles. The topological polar surface area (TPSA) is 30.7 Å². The summed E-state index contributed by atoms with van der Waals surface area (Å²) in [7, 11) is 0. The Morgan fingerprint density at radius 2 is 2.05 bits per heavy atom. The number of benzene rings is 1. The minimum Gasteiger partial charge on any atom is -0.309 e. The second-order valence-electron chi connectivity index (χ2n) is 4.06. The summed E-state index contributed by atoms with van der Waals surface area (Å²) >= 11 is 11.9. The molecule has 0 radical (unpaired) electrons. The van der Waals surface area contributed by atoms with Crippen molar-refractivity contribution >= 4 is 34.4 Å². The van der Waals surface area contributed by atoms with Gasteiger partial charge in [-0.15, -0.1) is 0 Å². The lowest BCUT2D eigenvalue weighted by Crippen LogP contribution is -2.00. The summed E-state index contributed by atoms with van der Waals surface area (Å²) in [5.41, 5.74) is 2.25. The predicted octanol–water partition coefficient (Wildman–Crippen LogP) is 3.93. The van der Waals surface area contributed by atoms with E-state index in [2.05, 4.69) is 9.97 Å². The van der Waals surface area contributed by atoms with Crippen LogP contribution in [0.3, 0.4) is 0 Å². The quantitative estimate of drug-likeness (QED) is 0.717. The Bertz CT molecular complexity index is 755. The minimum atomic E-state index is -0.436. The van der Waals surface area contributed by atoms with Gasteiger partial charge in [0.05, 0.1) is 17.1 Å². The molecule has 0 aliphatic carbocycles. The molecule has 0 aliphatic rings. The lowest BCUT2D eigenvalue weighted by molar-refractivity contribution is 0.627. The first kappa shape index (κ1) is 12.4. The van der Waals surface area contributed by atoms with Gasteiger partial charge < -0.3 is 4.57 Å². The van der Waals surface area contributed by atoms with Crippen molar-refractivity contribution in [2.45, 2.75) is 6.54 Å². The van der Waals surface area contributed by atoms with Gasteiger partial charge in [-0.2, -0.15) is 4.98 Å². The number of fused-ring (bicyclic) bond motifs is 1. The molecule has 96 valence electrons. The molecule has 0 saturated carbocycles. The van der Waals surface area contributed by atoms with Crippen molar-refractivity contribution in [2.75, 3.05) is 0 Å². The molecule has 1 aromatic carbocycles. The molecule has 0 unspecified atom stereocenters. The van der Waals surface area contributed by atoms with Crippen LogP contribution in [0, 0.1) is 5.82 Å². The first-order valence-corrected chi connectivity index (χ1v) is 6.31. The fourth-order valence-corrected chi connectivity index (χ4v) is 2.34. The van der Waals surface area contributed by atoms with Gasteiger partial charge in [0.25, 0.3) is 0 Å². The number of rotatable bonds is 2. The van der Waals surface area contributed by atoms with Gasteiger partial charge >= 0.3 is 0 Å². The van der Waals surface area contributed by atoms with Crippen LogP contribution >= 0.6 is 23.2 Å². The number of imidazole rings is 1. The van der Waals surface area contributed by atoms with Gasteiger partial charge in [-0.05, 0) is 41.4 Å². The second-order valence-corrected chi connectivity index (χ2v) is 4.81. The molecule has 3 rings (SSSR count). The molecule has 2 heterocycles.